The van der Waals surface area contributed by atoms with Crippen molar-refractivity contribution in [3.63, 3.8) is 0 Å². The van der Waals surface area contributed by atoms with Crippen LogP contribution >= 0.6 is 0 Å². The zero-order chi connectivity index (χ0) is 22.7. The fourth-order valence-electron chi connectivity index (χ4n) is 4.37. The van der Waals surface area contributed by atoms with Crippen molar-refractivity contribution in [1.82, 2.24) is 30.3 Å². The van der Waals surface area contributed by atoms with E-state index in [1.54, 1.807) is 26.2 Å². The molecular weight excluding hydrogens is 408 g/mol. The van der Waals surface area contributed by atoms with Gasteiger partial charge in [0.2, 0.25) is 5.91 Å². The zero-order valence-electron chi connectivity index (χ0n) is 18.6. The van der Waals surface area contributed by atoms with Crippen LogP contribution in [0.3, 0.4) is 0 Å². The van der Waals surface area contributed by atoms with Gasteiger partial charge in [0.15, 0.2) is 5.69 Å². The molecule has 0 radical (unpaired) electrons. The number of rotatable bonds is 5. The molecule has 4 rings (SSSR count). The molecule has 0 saturated heterocycles. The second-order valence-electron chi connectivity index (χ2n) is 8.88. The van der Waals surface area contributed by atoms with Crippen molar-refractivity contribution in [2.45, 2.75) is 70.1 Å². The van der Waals surface area contributed by atoms with Gasteiger partial charge in [-0.15, -0.1) is 0 Å². The van der Waals surface area contributed by atoms with E-state index in [0.717, 1.165) is 31.4 Å². The highest BCUT2D eigenvalue weighted by Gasteiger charge is 2.46. The lowest BCUT2D eigenvalue weighted by molar-refractivity contribution is -0.133. The number of likely N-dealkylation sites (N-methyl/N-ethyl adjacent to an activating group) is 1. The summed E-state index contributed by atoms with van der Waals surface area (Å²) in [6.07, 6.45) is 8.20. The molecule has 1 saturated carbocycles. The predicted molar refractivity (Wildman–Crippen MR) is 118 cm³/mol. The van der Waals surface area contributed by atoms with Gasteiger partial charge in [0.25, 0.3) is 11.8 Å². The van der Waals surface area contributed by atoms with E-state index in [0.29, 0.717) is 5.69 Å². The molecule has 170 valence electrons. The van der Waals surface area contributed by atoms with E-state index in [1.165, 1.54) is 28.5 Å². The standard InChI is InChI=1S/C23H30N6O3/c1-23(22(32)26-16-9-5-3-4-6-10-16)15-29-19(21(31)28(23)2)13-18(27-29)20(30)25-14-17-11-7-8-12-24-17/h7-8,11-13,16H,3-6,9-10,14-15H2,1-2H3,(H,25,30)(H,26,32)/t23-/m0/s1. The van der Waals surface area contributed by atoms with Gasteiger partial charge in [0.1, 0.15) is 11.2 Å². The second kappa shape index (κ2) is 9.10. The van der Waals surface area contributed by atoms with Gasteiger partial charge in [-0.1, -0.05) is 31.7 Å². The predicted octanol–water partition coefficient (Wildman–Crippen LogP) is 1.89. The highest BCUT2D eigenvalue weighted by Crippen LogP contribution is 2.27. The minimum absolute atomic E-state index is 0.136. The Morgan fingerprint density at radius 2 is 1.94 bits per heavy atom. The third kappa shape index (κ3) is 4.37. The minimum atomic E-state index is -1.08. The number of carbonyl (C=O) groups excluding carboxylic acids is 3. The monoisotopic (exact) mass is 438 g/mol. The Bertz CT molecular complexity index is 996. The van der Waals surface area contributed by atoms with Crippen LogP contribution in [0, 0.1) is 0 Å². The van der Waals surface area contributed by atoms with Crippen LogP contribution in [0.2, 0.25) is 0 Å². The summed E-state index contributed by atoms with van der Waals surface area (Å²) in [6.45, 7) is 2.20. The molecule has 9 heteroatoms. The van der Waals surface area contributed by atoms with Gasteiger partial charge < -0.3 is 15.5 Å². The molecule has 32 heavy (non-hydrogen) atoms. The van der Waals surface area contributed by atoms with Crippen molar-refractivity contribution in [1.29, 1.82) is 0 Å². The van der Waals surface area contributed by atoms with Crippen LogP contribution < -0.4 is 10.6 Å². The van der Waals surface area contributed by atoms with Crippen LogP contribution in [0.25, 0.3) is 0 Å². The number of hydrogen-bond donors (Lipinski definition) is 2. The molecule has 1 aliphatic carbocycles. The second-order valence-corrected chi connectivity index (χ2v) is 8.88. The third-order valence-corrected chi connectivity index (χ3v) is 6.57. The molecule has 0 spiro atoms. The fourth-order valence-corrected chi connectivity index (χ4v) is 4.37. The lowest BCUT2D eigenvalue weighted by Gasteiger charge is -2.41. The molecule has 9 nitrogen and oxygen atoms in total. The number of hydrogen-bond acceptors (Lipinski definition) is 5. The normalized spacial score (nSPS) is 21.6. The van der Waals surface area contributed by atoms with Crippen LogP contribution in [-0.4, -0.2) is 56.0 Å². The van der Waals surface area contributed by atoms with Gasteiger partial charge in [-0.05, 0) is 31.9 Å². The molecule has 2 aliphatic rings. The molecule has 0 aromatic carbocycles. The van der Waals surface area contributed by atoms with Crippen molar-refractivity contribution in [2.24, 2.45) is 0 Å². The molecule has 0 unspecified atom stereocenters. The summed E-state index contributed by atoms with van der Waals surface area (Å²) in [5.41, 5.74) is 0.0918. The summed E-state index contributed by atoms with van der Waals surface area (Å²) in [6, 6.07) is 7.08. The van der Waals surface area contributed by atoms with Crippen molar-refractivity contribution in [3.8, 4) is 0 Å². The van der Waals surface area contributed by atoms with Gasteiger partial charge in [-0.25, -0.2) is 0 Å². The lowest BCUT2D eigenvalue weighted by atomic mass is 9.95. The Balaban J connectivity index is 1.48. The number of nitrogens with one attached hydrogen (secondary N) is 2. The number of amides is 3. The first-order valence-electron chi connectivity index (χ1n) is 11.2. The van der Waals surface area contributed by atoms with Crippen LogP contribution in [-0.2, 0) is 17.9 Å². The Morgan fingerprint density at radius 3 is 2.62 bits per heavy atom. The summed E-state index contributed by atoms with van der Waals surface area (Å²) < 4.78 is 1.48. The largest absolute Gasteiger partial charge is 0.351 e. The summed E-state index contributed by atoms with van der Waals surface area (Å²) in [7, 11) is 1.63. The molecule has 1 atom stereocenters. The van der Waals surface area contributed by atoms with Crippen molar-refractivity contribution in [2.75, 3.05) is 7.05 Å². The van der Waals surface area contributed by atoms with E-state index in [2.05, 4.69) is 20.7 Å². The van der Waals surface area contributed by atoms with E-state index < -0.39 is 11.4 Å². The van der Waals surface area contributed by atoms with Crippen molar-refractivity contribution in [3.05, 3.63) is 47.5 Å². The van der Waals surface area contributed by atoms with Crippen molar-refractivity contribution < 1.29 is 14.4 Å². The van der Waals surface area contributed by atoms with Crippen molar-refractivity contribution >= 4 is 17.7 Å². The zero-order valence-corrected chi connectivity index (χ0v) is 18.6. The Kier molecular flexibility index (Phi) is 6.25. The van der Waals surface area contributed by atoms with E-state index in [-0.39, 0.29) is 36.6 Å². The van der Waals surface area contributed by atoms with E-state index in [9.17, 15) is 14.4 Å². The topological polar surface area (TPSA) is 109 Å². The molecule has 2 aromatic heterocycles. The van der Waals surface area contributed by atoms with Gasteiger partial charge in [0.05, 0.1) is 18.8 Å². The number of aromatic nitrogens is 3. The van der Waals surface area contributed by atoms with Gasteiger partial charge in [0, 0.05) is 25.4 Å². The molecule has 2 aromatic rings. The SMILES string of the molecule is CN1C(=O)c2cc(C(=O)NCc3ccccn3)nn2C[C@@]1(C)C(=O)NC1CCCCCC1. The smallest absolute Gasteiger partial charge is 0.272 e. The fraction of sp³-hybridized carbons (Fsp3) is 0.522. The molecule has 3 amide bonds. The van der Waals surface area contributed by atoms with Gasteiger partial charge >= 0.3 is 0 Å². The lowest BCUT2D eigenvalue weighted by Crippen LogP contribution is -2.63. The molecule has 0 bridgehead atoms. The Morgan fingerprint density at radius 1 is 1.19 bits per heavy atom. The number of fused-ring (bicyclic) bond motifs is 1. The third-order valence-electron chi connectivity index (χ3n) is 6.57. The summed E-state index contributed by atoms with van der Waals surface area (Å²) >= 11 is 0. The molecule has 3 heterocycles. The number of pyridine rings is 1. The highest BCUT2D eigenvalue weighted by molar-refractivity contribution is 6.01. The van der Waals surface area contributed by atoms with Crippen LogP contribution in [0.5, 0.6) is 0 Å². The highest BCUT2D eigenvalue weighted by atomic mass is 16.2. The summed E-state index contributed by atoms with van der Waals surface area (Å²) in [4.78, 5) is 44.5. The quantitative estimate of drug-likeness (QED) is 0.693. The maximum atomic E-state index is 13.2. The first-order chi connectivity index (χ1) is 15.4. The Labute approximate surface area is 187 Å². The van der Waals surface area contributed by atoms with Crippen LogP contribution in [0.15, 0.2) is 30.5 Å². The minimum Gasteiger partial charge on any atom is -0.351 e. The number of nitrogens with zero attached hydrogens (tertiary/aromatic N) is 4. The Hall–Kier alpha value is -3.23. The summed E-state index contributed by atoms with van der Waals surface area (Å²) in [5, 5.41) is 10.3. The van der Waals surface area contributed by atoms with Gasteiger partial charge in [-0.3, -0.25) is 24.0 Å². The van der Waals surface area contributed by atoms with Crippen LogP contribution in [0.4, 0.5) is 0 Å². The van der Waals surface area contributed by atoms with Gasteiger partial charge in [-0.2, -0.15) is 5.10 Å². The maximum absolute atomic E-state index is 13.2. The molecule has 2 N–H and O–H groups in total. The molecule has 1 fully saturated rings. The average Bonchev–Trinajstić information content (AvgIpc) is 3.05. The number of carbonyl (C=O) groups is 3. The maximum Gasteiger partial charge on any atom is 0.272 e. The first-order valence-corrected chi connectivity index (χ1v) is 11.2. The molecule has 1 aliphatic heterocycles. The first kappa shape index (κ1) is 22.0. The summed E-state index contributed by atoms with van der Waals surface area (Å²) in [5.74, 6) is -0.897. The average molecular weight is 439 g/mol. The van der Waals surface area contributed by atoms with E-state index in [4.69, 9.17) is 0 Å². The van der Waals surface area contributed by atoms with E-state index in [1.807, 2.05) is 12.1 Å². The van der Waals surface area contributed by atoms with E-state index >= 15 is 0 Å². The van der Waals surface area contributed by atoms with Crippen LogP contribution in [0.1, 0.15) is 72.1 Å². The molecular formula is C23H30N6O3.